The van der Waals surface area contributed by atoms with Crippen molar-refractivity contribution in [3.05, 3.63) is 28.8 Å². The van der Waals surface area contributed by atoms with Gasteiger partial charge in [-0.25, -0.2) is 8.78 Å². The minimum absolute atomic E-state index is 0.190. The molecule has 1 unspecified atom stereocenters. The summed E-state index contributed by atoms with van der Waals surface area (Å²) in [6.07, 6.45) is 0. The Morgan fingerprint density at radius 3 is 2.40 bits per heavy atom. The molecular formula is C6H4ClF2P. The molecule has 54 valence electrons. The average Bonchev–Trinajstić information content (AvgIpc) is 1.82. The molecule has 4 heteroatoms. The molecule has 0 fully saturated rings. The lowest BCUT2D eigenvalue weighted by molar-refractivity contribution is 0.510. The molecule has 1 atom stereocenters. The lowest BCUT2D eigenvalue weighted by atomic mass is 10.3. The first kappa shape index (κ1) is 7.90. The molecule has 1 aromatic carbocycles. The van der Waals surface area contributed by atoms with Crippen molar-refractivity contribution in [2.45, 2.75) is 0 Å². The van der Waals surface area contributed by atoms with E-state index in [1.54, 1.807) is 0 Å². The summed E-state index contributed by atoms with van der Waals surface area (Å²) in [6, 6.07) is 2.40. The third-order valence-electron chi connectivity index (χ3n) is 1.01. The van der Waals surface area contributed by atoms with Gasteiger partial charge < -0.3 is 0 Å². The van der Waals surface area contributed by atoms with Crippen molar-refractivity contribution in [3.63, 3.8) is 0 Å². The molecule has 10 heavy (non-hydrogen) atoms. The van der Waals surface area contributed by atoms with E-state index in [-0.39, 0.29) is 5.02 Å². The van der Waals surface area contributed by atoms with Gasteiger partial charge in [0.15, 0.2) is 11.6 Å². The Hall–Kier alpha value is -0.200. The quantitative estimate of drug-likeness (QED) is 0.424. The average molecular weight is 181 g/mol. The highest BCUT2D eigenvalue weighted by Gasteiger charge is 2.05. The zero-order chi connectivity index (χ0) is 7.72. The molecule has 1 aromatic rings. The van der Waals surface area contributed by atoms with Gasteiger partial charge >= 0.3 is 0 Å². The Balaban J connectivity index is 3.31. The van der Waals surface area contributed by atoms with Crippen molar-refractivity contribution in [1.82, 2.24) is 0 Å². The van der Waals surface area contributed by atoms with Crippen LogP contribution in [-0.4, -0.2) is 0 Å². The molecule has 0 amide bonds. The van der Waals surface area contributed by atoms with E-state index in [9.17, 15) is 8.78 Å². The van der Waals surface area contributed by atoms with Gasteiger partial charge in [0.1, 0.15) is 0 Å². The minimum atomic E-state index is -0.993. The molecule has 0 aliphatic rings. The Kier molecular flexibility index (Phi) is 2.22. The minimum Gasteiger partial charge on any atom is -0.204 e. The Morgan fingerprint density at radius 1 is 1.30 bits per heavy atom. The van der Waals surface area contributed by atoms with E-state index in [2.05, 4.69) is 9.24 Å². The first-order chi connectivity index (χ1) is 4.61. The largest absolute Gasteiger partial charge is 0.204 e. The van der Waals surface area contributed by atoms with Gasteiger partial charge in [0, 0.05) is 0 Å². The second-order valence-electron chi connectivity index (χ2n) is 1.80. The summed E-state index contributed by atoms with van der Waals surface area (Å²) in [6.45, 7) is 0. The zero-order valence-corrected chi connectivity index (χ0v) is 6.78. The first-order valence-electron chi connectivity index (χ1n) is 2.51. The summed E-state index contributed by atoms with van der Waals surface area (Å²) in [7, 11) is 2.23. The van der Waals surface area contributed by atoms with Crippen LogP contribution in [0.5, 0.6) is 0 Å². The van der Waals surface area contributed by atoms with Gasteiger partial charge in [0.05, 0.1) is 5.02 Å². The first-order valence-corrected chi connectivity index (χ1v) is 3.47. The SMILES string of the molecule is Fc1cc(P)cc(Cl)c1F. The highest BCUT2D eigenvalue weighted by molar-refractivity contribution is 7.27. The van der Waals surface area contributed by atoms with E-state index in [1.165, 1.54) is 6.07 Å². The molecule has 0 nitrogen and oxygen atoms in total. The van der Waals surface area contributed by atoms with Crippen LogP contribution in [0.1, 0.15) is 0 Å². The number of hydrogen-bond donors (Lipinski definition) is 0. The van der Waals surface area contributed by atoms with E-state index in [0.717, 1.165) is 6.07 Å². The Morgan fingerprint density at radius 2 is 1.90 bits per heavy atom. The van der Waals surface area contributed by atoms with Gasteiger partial charge in [-0.2, -0.15) is 0 Å². The van der Waals surface area contributed by atoms with Crippen LogP contribution in [0, 0.1) is 11.6 Å². The topological polar surface area (TPSA) is 0 Å². The molecular weight excluding hydrogens is 176 g/mol. The van der Waals surface area contributed by atoms with Crippen molar-refractivity contribution in [3.8, 4) is 0 Å². The lowest BCUT2D eigenvalue weighted by Gasteiger charge is -1.96. The van der Waals surface area contributed by atoms with E-state index >= 15 is 0 Å². The zero-order valence-electron chi connectivity index (χ0n) is 4.87. The fourth-order valence-electron chi connectivity index (χ4n) is 0.575. The second kappa shape index (κ2) is 2.81. The van der Waals surface area contributed by atoms with E-state index in [0.29, 0.717) is 5.30 Å². The second-order valence-corrected chi connectivity index (χ2v) is 2.87. The lowest BCUT2D eigenvalue weighted by Crippen LogP contribution is -1.95. The normalized spacial score (nSPS) is 10.0. The molecule has 0 saturated carbocycles. The van der Waals surface area contributed by atoms with Crippen LogP contribution in [-0.2, 0) is 0 Å². The van der Waals surface area contributed by atoms with Gasteiger partial charge in [-0.05, 0) is 17.4 Å². The van der Waals surface area contributed by atoms with E-state index in [4.69, 9.17) is 11.6 Å². The van der Waals surface area contributed by atoms with Crippen LogP contribution in [0.2, 0.25) is 5.02 Å². The number of benzene rings is 1. The van der Waals surface area contributed by atoms with Gasteiger partial charge in [-0.3, -0.25) is 0 Å². The number of rotatable bonds is 0. The third-order valence-corrected chi connectivity index (χ3v) is 1.61. The number of halogens is 3. The van der Waals surface area contributed by atoms with E-state index < -0.39 is 11.6 Å². The molecule has 0 N–H and O–H groups in total. The molecule has 0 bridgehead atoms. The predicted molar refractivity (Wildman–Crippen MR) is 40.7 cm³/mol. The van der Waals surface area contributed by atoms with Crippen molar-refractivity contribution in [1.29, 1.82) is 0 Å². The fraction of sp³-hybridized carbons (Fsp3) is 0. The summed E-state index contributed by atoms with van der Waals surface area (Å²) >= 11 is 5.29. The van der Waals surface area contributed by atoms with E-state index in [1.807, 2.05) is 0 Å². The molecule has 0 radical (unpaired) electrons. The van der Waals surface area contributed by atoms with Crippen molar-refractivity contribution >= 4 is 26.1 Å². The summed E-state index contributed by atoms with van der Waals surface area (Å²) in [4.78, 5) is 0. The van der Waals surface area contributed by atoms with Crippen molar-refractivity contribution < 1.29 is 8.78 Å². The standard InChI is InChI=1S/C6H4ClF2P/c7-4-1-3(10)2-5(8)6(4)9/h1-2H,10H2. The van der Waals surface area contributed by atoms with Gasteiger partial charge in [0.2, 0.25) is 0 Å². The summed E-state index contributed by atoms with van der Waals surface area (Å²) in [5, 5.41) is 0.342. The summed E-state index contributed by atoms with van der Waals surface area (Å²) in [5.74, 6) is -1.91. The molecule has 0 saturated heterocycles. The van der Waals surface area contributed by atoms with Gasteiger partial charge in [-0.15, -0.1) is 9.24 Å². The fourth-order valence-corrected chi connectivity index (χ4v) is 1.21. The molecule has 0 aromatic heterocycles. The van der Waals surface area contributed by atoms with Crippen molar-refractivity contribution in [2.24, 2.45) is 0 Å². The molecule has 1 rings (SSSR count). The van der Waals surface area contributed by atoms with Crippen LogP contribution in [0.25, 0.3) is 0 Å². The van der Waals surface area contributed by atoms with Crippen LogP contribution >= 0.6 is 20.8 Å². The van der Waals surface area contributed by atoms with Crippen LogP contribution in [0.15, 0.2) is 12.1 Å². The predicted octanol–water partition coefficient (Wildman–Crippen LogP) is 2.12. The van der Waals surface area contributed by atoms with Gasteiger partial charge in [-0.1, -0.05) is 11.6 Å². The Bertz CT molecular complexity index is 239. The van der Waals surface area contributed by atoms with Gasteiger partial charge in [0.25, 0.3) is 0 Å². The number of hydrogen-bond acceptors (Lipinski definition) is 0. The maximum Gasteiger partial charge on any atom is 0.177 e. The van der Waals surface area contributed by atoms with Crippen LogP contribution < -0.4 is 5.30 Å². The monoisotopic (exact) mass is 180 g/mol. The van der Waals surface area contributed by atoms with Crippen LogP contribution in [0.4, 0.5) is 8.78 Å². The molecule has 0 aliphatic carbocycles. The van der Waals surface area contributed by atoms with Crippen LogP contribution in [0.3, 0.4) is 0 Å². The summed E-state index contributed by atoms with van der Waals surface area (Å²) < 4.78 is 24.8. The van der Waals surface area contributed by atoms with Crippen molar-refractivity contribution in [2.75, 3.05) is 0 Å². The Labute approximate surface area is 64.4 Å². The highest BCUT2D eigenvalue weighted by atomic mass is 35.5. The highest BCUT2D eigenvalue weighted by Crippen LogP contribution is 2.15. The smallest absolute Gasteiger partial charge is 0.177 e. The maximum atomic E-state index is 12.4. The maximum absolute atomic E-state index is 12.4. The third kappa shape index (κ3) is 1.44. The molecule has 0 spiro atoms. The molecule has 0 heterocycles. The molecule has 0 aliphatic heterocycles. The summed E-state index contributed by atoms with van der Waals surface area (Å²) in [5.41, 5.74) is 0.